The average Bonchev–Trinajstić information content (AvgIpc) is 2.53. The van der Waals surface area contributed by atoms with E-state index < -0.39 is 5.82 Å². The van der Waals surface area contributed by atoms with Gasteiger partial charge in [0.1, 0.15) is 11.6 Å². The van der Waals surface area contributed by atoms with E-state index in [2.05, 4.69) is 5.32 Å². The summed E-state index contributed by atoms with van der Waals surface area (Å²) in [5.74, 6) is -0.728. The first-order valence-electron chi connectivity index (χ1n) is 7.65. The highest BCUT2D eigenvalue weighted by Gasteiger charge is 2.15. The zero-order chi connectivity index (χ0) is 17.5. The minimum absolute atomic E-state index is 0.317. The van der Waals surface area contributed by atoms with E-state index in [-0.39, 0.29) is 11.8 Å². The molecular formula is C18H21F2N3O. The maximum atomic E-state index is 13.3. The van der Waals surface area contributed by atoms with Crippen molar-refractivity contribution in [2.24, 2.45) is 0 Å². The second kappa shape index (κ2) is 8.40. The number of carbonyl (C=O) groups excluding carboxylic acids is 1. The molecule has 0 saturated heterocycles. The number of carbonyl (C=O) groups is 1. The number of nitrogens with zero attached hydrogens (tertiary/aromatic N) is 2. The quantitative estimate of drug-likeness (QED) is 0.877. The van der Waals surface area contributed by atoms with Crippen LogP contribution in [0.2, 0.25) is 0 Å². The largest absolute Gasteiger partial charge is 0.322 e. The van der Waals surface area contributed by atoms with Gasteiger partial charge >= 0.3 is 6.03 Å². The van der Waals surface area contributed by atoms with Gasteiger partial charge in [-0.3, -0.25) is 0 Å². The molecule has 0 fully saturated rings. The van der Waals surface area contributed by atoms with Crippen molar-refractivity contribution in [3.63, 3.8) is 0 Å². The van der Waals surface area contributed by atoms with E-state index in [9.17, 15) is 13.6 Å². The lowest BCUT2D eigenvalue weighted by Crippen LogP contribution is -2.39. The fourth-order valence-electron chi connectivity index (χ4n) is 2.15. The second-order valence-corrected chi connectivity index (χ2v) is 5.79. The fourth-order valence-corrected chi connectivity index (χ4v) is 2.15. The average molecular weight is 333 g/mol. The molecule has 1 N–H and O–H groups in total. The van der Waals surface area contributed by atoms with Crippen LogP contribution in [0.4, 0.5) is 19.3 Å². The highest BCUT2D eigenvalue weighted by atomic mass is 19.1. The number of likely N-dealkylation sites (N-methyl/N-ethyl adjacent to an activating group) is 1. The molecule has 2 amide bonds. The van der Waals surface area contributed by atoms with Crippen molar-refractivity contribution < 1.29 is 13.6 Å². The minimum Gasteiger partial charge on any atom is -0.319 e. The number of anilines is 1. The monoisotopic (exact) mass is 333 g/mol. The van der Waals surface area contributed by atoms with Gasteiger partial charge in [0, 0.05) is 25.3 Å². The maximum Gasteiger partial charge on any atom is 0.322 e. The molecule has 0 unspecified atom stereocenters. The normalized spacial score (nSPS) is 10.7. The first-order valence-corrected chi connectivity index (χ1v) is 7.65. The Balaban J connectivity index is 2.08. The SMILES string of the molecule is CN(C)CCN(Cc1ccc(F)cc1)C(=O)Nc1cccc(F)c1. The van der Waals surface area contributed by atoms with Crippen LogP contribution in [0.1, 0.15) is 5.56 Å². The molecule has 0 saturated carbocycles. The molecule has 0 atom stereocenters. The summed E-state index contributed by atoms with van der Waals surface area (Å²) in [6, 6.07) is 11.4. The number of hydrogen-bond acceptors (Lipinski definition) is 2. The molecule has 0 aromatic heterocycles. The van der Waals surface area contributed by atoms with Crippen molar-refractivity contribution >= 4 is 11.7 Å². The van der Waals surface area contributed by atoms with Crippen LogP contribution in [0, 0.1) is 11.6 Å². The molecule has 4 nitrogen and oxygen atoms in total. The van der Waals surface area contributed by atoms with Crippen LogP contribution < -0.4 is 5.32 Å². The van der Waals surface area contributed by atoms with Gasteiger partial charge in [-0.25, -0.2) is 13.6 Å². The number of urea groups is 1. The third-order valence-corrected chi connectivity index (χ3v) is 3.47. The van der Waals surface area contributed by atoms with Crippen molar-refractivity contribution in [2.75, 3.05) is 32.5 Å². The summed E-state index contributed by atoms with van der Waals surface area (Å²) in [6.07, 6.45) is 0. The van der Waals surface area contributed by atoms with Gasteiger partial charge in [0.15, 0.2) is 0 Å². The molecule has 128 valence electrons. The topological polar surface area (TPSA) is 35.6 Å². The summed E-state index contributed by atoms with van der Waals surface area (Å²) in [5, 5.41) is 2.69. The molecule has 24 heavy (non-hydrogen) atoms. The Hall–Kier alpha value is -2.47. The van der Waals surface area contributed by atoms with Crippen LogP contribution in [0.5, 0.6) is 0 Å². The molecule has 2 rings (SSSR count). The summed E-state index contributed by atoms with van der Waals surface area (Å²) < 4.78 is 26.3. The summed E-state index contributed by atoms with van der Waals surface area (Å²) >= 11 is 0. The molecule has 2 aromatic carbocycles. The Bertz CT molecular complexity index is 674. The van der Waals surface area contributed by atoms with Crippen LogP contribution in [0.25, 0.3) is 0 Å². The molecular weight excluding hydrogens is 312 g/mol. The zero-order valence-electron chi connectivity index (χ0n) is 13.8. The zero-order valence-corrected chi connectivity index (χ0v) is 13.8. The van der Waals surface area contributed by atoms with Crippen molar-refractivity contribution in [1.82, 2.24) is 9.80 Å². The van der Waals surface area contributed by atoms with Crippen molar-refractivity contribution in [3.05, 3.63) is 65.7 Å². The minimum atomic E-state index is -0.411. The second-order valence-electron chi connectivity index (χ2n) is 5.79. The summed E-state index contributed by atoms with van der Waals surface area (Å²) in [6.45, 7) is 1.51. The first kappa shape index (κ1) is 17.9. The lowest BCUT2D eigenvalue weighted by Gasteiger charge is -2.25. The van der Waals surface area contributed by atoms with Crippen molar-refractivity contribution in [2.45, 2.75) is 6.54 Å². The Kier molecular flexibility index (Phi) is 6.26. The van der Waals surface area contributed by atoms with E-state index in [4.69, 9.17) is 0 Å². The molecule has 0 radical (unpaired) electrons. The molecule has 2 aromatic rings. The molecule has 0 aliphatic carbocycles. The number of halogens is 2. The predicted molar refractivity (Wildman–Crippen MR) is 90.8 cm³/mol. The summed E-state index contributed by atoms with van der Waals surface area (Å²) in [5.41, 5.74) is 1.22. The van der Waals surface area contributed by atoms with E-state index in [0.29, 0.717) is 25.3 Å². The van der Waals surface area contributed by atoms with E-state index in [1.54, 1.807) is 23.1 Å². The maximum absolute atomic E-state index is 13.3. The van der Waals surface area contributed by atoms with Gasteiger partial charge in [0.25, 0.3) is 0 Å². The number of nitrogens with one attached hydrogen (secondary N) is 1. The van der Waals surface area contributed by atoms with Gasteiger partial charge in [-0.2, -0.15) is 0 Å². The lowest BCUT2D eigenvalue weighted by atomic mass is 10.2. The molecule has 0 aliphatic heterocycles. The predicted octanol–water partition coefficient (Wildman–Crippen LogP) is 3.56. The molecule has 6 heteroatoms. The number of benzene rings is 2. The third-order valence-electron chi connectivity index (χ3n) is 3.47. The van der Waals surface area contributed by atoms with E-state index in [0.717, 1.165) is 5.56 Å². The van der Waals surface area contributed by atoms with Crippen LogP contribution in [0.15, 0.2) is 48.5 Å². The molecule has 0 heterocycles. The van der Waals surface area contributed by atoms with Crippen LogP contribution in [-0.2, 0) is 6.54 Å². The van der Waals surface area contributed by atoms with Crippen molar-refractivity contribution in [1.29, 1.82) is 0 Å². The van der Waals surface area contributed by atoms with Gasteiger partial charge in [-0.15, -0.1) is 0 Å². The van der Waals surface area contributed by atoms with Gasteiger partial charge in [0.2, 0.25) is 0 Å². The molecule has 0 aliphatic rings. The lowest BCUT2D eigenvalue weighted by molar-refractivity contribution is 0.202. The van der Waals surface area contributed by atoms with Crippen LogP contribution in [0.3, 0.4) is 0 Å². The van der Waals surface area contributed by atoms with E-state index >= 15 is 0 Å². The number of rotatable bonds is 6. The first-order chi connectivity index (χ1) is 11.4. The van der Waals surface area contributed by atoms with Crippen molar-refractivity contribution in [3.8, 4) is 0 Å². The molecule has 0 spiro atoms. The smallest absolute Gasteiger partial charge is 0.319 e. The number of hydrogen-bond donors (Lipinski definition) is 1. The molecule has 0 bridgehead atoms. The van der Waals surface area contributed by atoms with Gasteiger partial charge in [-0.05, 0) is 50.0 Å². The summed E-state index contributed by atoms with van der Waals surface area (Å²) in [4.78, 5) is 16.1. The van der Waals surface area contributed by atoms with E-state index in [1.165, 1.54) is 30.3 Å². The Labute approximate surface area is 140 Å². The highest BCUT2D eigenvalue weighted by molar-refractivity contribution is 5.89. The van der Waals surface area contributed by atoms with Gasteiger partial charge in [-0.1, -0.05) is 18.2 Å². The van der Waals surface area contributed by atoms with Crippen LogP contribution in [-0.4, -0.2) is 43.0 Å². The third kappa shape index (κ3) is 5.62. The van der Waals surface area contributed by atoms with Gasteiger partial charge < -0.3 is 15.1 Å². The standard InChI is InChI=1S/C18H21F2N3O/c1-22(2)10-11-23(13-14-6-8-15(19)9-7-14)18(24)21-17-5-3-4-16(20)12-17/h3-9,12H,10-11,13H2,1-2H3,(H,21,24). The Morgan fingerprint density at radius 2 is 1.71 bits per heavy atom. The number of amides is 2. The fraction of sp³-hybridized carbons (Fsp3) is 0.278. The van der Waals surface area contributed by atoms with Gasteiger partial charge in [0.05, 0.1) is 0 Å². The van der Waals surface area contributed by atoms with Crippen LogP contribution >= 0.6 is 0 Å². The summed E-state index contributed by atoms with van der Waals surface area (Å²) in [7, 11) is 3.83. The highest BCUT2D eigenvalue weighted by Crippen LogP contribution is 2.12. The van der Waals surface area contributed by atoms with E-state index in [1.807, 2.05) is 19.0 Å². The Morgan fingerprint density at radius 1 is 1.00 bits per heavy atom. The Morgan fingerprint density at radius 3 is 2.33 bits per heavy atom.